The molecule has 0 saturated carbocycles. The number of benzene rings is 2. The molecular formula is C21H20N4O2. The van der Waals surface area contributed by atoms with E-state index in [9.17, 15) is 4.79 Å². The second-order valence-corrected chi connectivity index (χ2v) is 6.40. The molecule has 0 aliphatic carbocycles. The molecule has 1 aliphatic rings. The van der Waals surface area contributed by atoms with Gasteiger partial charge in [0.05, 0.1) is 7.11 Å². The molecule has 0 fully saturated rings. The number of fused-ring (bicyclic) bond motifs is 1. The summed E-state index contributed by atoms with van der Waals surface area (Å²) in [4.78, 5) is 14.6. The highest BCUT2D eigenvalue weighted by Crippen LogP contribution is 2.23. The van der Waals surface area contributed by atoms with E-state index in [0.29, 0.717) is 17.1 Å². The van der Waals surface area contributed by atoms with Crippen molar-refractivity contribution in [2.24, 2.45) is 0 Å². The topological polar surface area (TPSA) is 67.3 Å². The fourth-order valence-electron chi connectivity index (χ4n) is 3.20. The zero-order valence-corrected chi connectivity index (χ0v) is 15.1. The number of nitrogens with one attached hydrogen (secondary N) is 1. The van der Waals surface area contributed by atoms with Gasteiger partial charge >= 0.3 is 0 Å². The van der Waals surface area contributed by atoms with Crippen LogP contribution in [0, 0.1) is 0 Å². The number of anilines is 2. The van der Waals surface area contributed by atoms with Gasteiger partial charge < -0.3 is 15.0 Å². The van der Waals surface area contributed by atoms with Crippen LogP contribution < -0.4 is 15.0 Å². The molecule has 1 aromatic heterocycles. The molecule has 3 aromatic rings. The molecule has 2 heterocycles. The Balaban J connectivity index is 1.44. The number of aromatic nitrogens is 2. The van der Waals surface area contributed by atoms with Gasteiger partial charge in [0.2, 0.25) is 0 Å². The third-order valence-corrected chi connectivity index (χ3v) is 4.68. The van der Waals surface area contributed by atoms with Crippen molar-refractivity contribution in [2.75, 3.05) is 23.9 Å². The molecule has 1 amide bonds. The van der Waals surface area contributed by atoms with Crippen LogP contribution in [-0.4, -0.2) is 29.8 Å². The minimum absolute atomic E-state index is 0.247. The number of carbonyl (C=O) groups is 1. The summed E-state index contributed by atoms with van der Waals surface area (Å²) in [6, 6.07) is 19.1. The molecule has 1 N–H and O–H groups in total. The van der Waals surface area contributed by atoms with Gasteiger partial charge in [-0.25, -0.2) is 0 Å². The van der Waals surface area contributed by atoms with Crippen LogP contribution in [0.1, 0.15) is 21.5 Å². The lowest BCUT2D eigenvalue weighted by atomic mass is 10.00. The fourth-order valence-corrected chi connectivity index (χ4v) is 3.20. The lowest BCUT2D eigenvalue weighted by Crippen LogP contribution is -2.31. The van der Waals surface area contributed by atoms with E-state index < -0.39 is 0 Å². The zero-order valence-electron chi connectivity index (χ0n) is 15.1. The van der Waals surface area contributed by atoms with Crippen LogP contribution in [0.3, 0.4) is 0 Å². The van der Waals surface area contributed by atoms with Gasteiger partial charge in [0.15, 0.2) is 11.6 Å². The van der Waals surface area contributed by atoms with Crippen LogP contribution in [0.4, 0.5) is 11.6 Å². The Morgan fingerprint density at radius 3 is 2.67 bits per heavy atom. The minimum atomic E-state index is -0.247. The van der Waals surface area contributed by atoms with Gasteiger partial charge in [-0.15, -0.1) is 10.2 Å². The zero-order chi connectivity index (χ0) is 18.6. The highest BCUT2D eigenvalue weighted by atomic mass is 16.5. The Morgan fingerprint density at radius 1 is 1.04 bits per heavy atom. The van der Waals surface area contributed by atoms with Crippen LogP contribution in [-0.2, 0) is 13.0 Å². The molecule has 0 bridgehead atoms. The number of methoxy groups -OCH3 is 1. The molecule has 27 heavy (non-hydrogen) atoms. The molecule has 0 spiro atoms. The van der Waals surface area contributed by atoms with E-state index in [1.54, 1.807) is 37.4 Å². The molecule has 6 nitrogen and oxygen atoms in total. The van der Waals surface area contributed by atoms with E-state index in [1.165, 1.54) is 11.1 Å². The Bertz CT molecular complexity index is 956. The first-order chi connectivity index (χ1) is 13.2. The number of nitrogens with zero attached hydrogens (tertiary/aromatic N) is 3. The van der Waals surface area contributed by atoms with Crippen molar-refractivity contribution in [3.05, 3.63) is 77.4 Å². The van der Waals surface area contributed by atoms with Crippen LogP contribution in [0.25, 0.3) is 0 Å². The van der Waals surface area contributed by atoms with Crippen LogP contribution >= 0.6 is 0 Å². The number of carbonyl (C=O) groups excluding carboxylic acids is 1. The molecule has 0 saturated heterocycles. The minimum Gasteiger partial charge on any atom is -0.497 e. The van der Waals surface area contributed by atoms with Crippen LogP contribution in [0.15, 0.2) is 60.7 Å². The first kappa shape index (κ1) is 17.0. The second-order valence-electron chi connectivity index (χ2n) is 6.40. The third kappa shape index (κ3) is 3.74. The molecule has 4 rings (SSSR count). The summed E-state index contributed by atoms with van der Waals surface area (Å²) < 4.78 is 5.15. The van der Waals surface area contributed by atoms with E-state index in [1.807, 2.05) is 6.07 Å². The predicted molar refractivity (Wildman–Crippen MR) is 104 cm³/mol. The standard InChI is InChI=1S/C21H20N4O2/c1-27-18-8-4-7-16(13-18)21(26)22-19-9-10-20(24-23-19)25-12-11-15-5-2-3-6-17(15)14-25/h2-10,13H,11-12,14H2,1H3,(H,22,23,26). The van der Waals surface area contributed by atoms with Gasteiger partial charge in [-0.05, 0) is 47.9 Å². The molecule has 0 atom stereocenters. The van der Waals surface area contributed by atoms with Crippen LogP contribution in [0.5, 0.6) is 5.75 Å². The predicted octanol–water partition coefficient (Wildman–Crippen LogP) is 3.30. The number of amides is 1. The van der Waals surface area contributed by atoms with E-state index >= 15 is 0 Å². The van der Waals surface area contributed by atoms with Crippen molar-refractivity contribution in [2.45, 2.75) is 13.0 Å². The van der Waals surface area contributed by atoms with Gasteiger partial charge in [0.1, 0.15) is 5.75 Å². The number of rotatable bonds is 4. The lowest BCUT2D eigenvalue weighted by Gasteiger charge is -2.29. The quantitative estimate of drug-likeness (QED) is 0.773. The van der Waals surface area contributed by atoms with E-state index in [4.69, 9.17) is 4.74 Å². The maximum atomic E-state index is 12.4. The van der Waals surface area contributed by atoms with Gasteiger partial charge in [-0.1, -0.05) is 30.3 Å². The second kappa shape index (κ2) is 7.45. The molecule has 0 radical (unpaired) electrons. The Hall–Kier alpha value is -3.41. The maximum Gasteiger partial charge on any atom is 0.256 e. The monoisotopic (exact) mass is 360 g/mol. The molecule has 2 aromatic carbocycles. The van der Waals surface area contributed by atoms with Crippen LogP contribution in [0.2, 0.25) is 0 Å². The summed E-state index contributed by atoms with van der Waals surface area (Å²) in [5, 5.41) is 11.2. The first-order valence-corrected chi connectivity index (χ1v) is 8.84. The van der Waals surface area contributed by atoms with Gasteiger partial charge in [0.25, 0.3) is 5.91 Å². The normalized spacial score (nSPS) is 13.0. The van der Waals surface area contributed by atoms with Gasteiger partial charge in [0, 0.05) is 18.7 Å². The Labute approximate surface area is 157 Å². The average Bonchev–Trinajstić information content (AvgIpc) is 2.74. The highest BCUT2D eigenvalue weighted by molar-refractivity contribution is 6.03. The Kier molecular flexibility index (Phi) is 4.70. The Morgan fingerprint density at radius 2 is 1.89 bits per heavy atom. The van der Waals surface area contributed by atoms with Crippen molar-refractivity contribution >= 4 is 17.5 Å². The summed E-state index contributed by atoms with van der Waals surface area (Å²) in [7, 11) is 1.57. The smallest absolute Gasteiger partial charge is 0.256 e. The van der Waals surface area contributed by atoms with Crippen molar-refractivity contribution in [3.63, 3.8) is 0 Å². The van der Waals surface area contributed by atoms with Crippen molar-refractivity contribution in [3.8, 4) is 5.75 Å². The van der Waals surface area contributed by atoms with E-state index in [-0.39, 0.29) is 5.91 Å². The molecular weight excluding hydrogens is 340 g/mol. The highest BCUT2D eigenvalue weighted by Gasteiger charge is 2.17. The van der Waals surface area contributed by atoms with E-state index in [0.717, 1.165) is 25.3 Å². The molecule has 6 heteroatoms. The van der Waals surface area contributed by atoms with E-state index in [2.05, 4.69) is 44.7 Å². The third-order valence-electron chi connectivity index (χ3n) is 4.68. The summed E-state index contributed by atoms with van der Waals surface area (Å²) in [5.74, 6) is 1.62. The lowest BCUT2D eigenvalue weighted by molar-refractivity contribution is 0.102. The summed E-state index contributed by atoms with van der Waals surface area (Å²) in [5.41, 5.74) is 3.22. The maximum absolute atomic E-state index is 12.4. The van der Waals surface area contributed by atoms with Crippen molar-refractivity contribution in [1.29, 1.82) is 0 Å². The average molecular weight is 360 g/mol. The van der Waals surface area contributed by atoms with Gasteiger partial charge in [-0.3, -0.25) is 4.79 Å². The largest absolute Gasteiger partial charge is 0.497 e. The molecule has 1 aliphatic heterocycles. The van der Waals surface area contributed by atoms with Crippen molar-refractivity contribution in [1.82, 2.24) is 10.2 Å². The molecule has 0 unspecified atom stereocenters. The number of ether oxygens (including phenoxy) is 1. The summed E-state index contributed by atoms with van der Waals surface area (Å²) >= 11 is 0. The summed E-state index contributed by atoms with van der Waals surface area (Å²) in [6.07, 6.45) is 0.992. The van der Waals surface area contributed by atoms with Gasteiger partial charge in [-0.2, -0.15) is 0 Å². The summed E-state index contributed by atoms with van der Waals surface area (Å²) in [6.45, 7) is 1.72. The van der Waals surface area contributed by atoms with Crippen molar-refractivity contribution < 1.29 is 9.53 Å². The number of hydrogen-bond acceptors (Lipinski definition) is 5. The SMILES string of the molecule is COc1cccc(C(=O)Nc2ccc(N3CCc4ccccc4C3)nn2)c1. The fraction of sp³-hybridized carbons (Fsp3) is 0.190. The molecule has 136 valence electrons. The number of hydrogen-bond donors (Lipinski definition) is 1. The first-order valence-electron chi connectivity index (χ1n) is 8.84.